The van der Waals surface area contributed by atoms with Gasteiger partial charge in [0, 0.05) is 36.5 Å². The molecule has 202 valence electrons. The minimum Gasteiger partial charge on any atom is -0.323 e. The van der Waals surface area contributed by atoms with E-state index in [-0.39, 0.29) is 0 Å². The zero-order chi connectivity index (χ0) is 27.9. The highest BCUT2D eigenvalue weighted by atomic mass is 15.5. The van der Waals surface area contributed by atoms with Gasteiger partial charge in [-0.1, -0.05) is 61.5 Å². The number of nitrogens with one attached hydrogen (secondary N) is 1. The molecule has 0 aliphatic heterocycles. The third-order valence-electron chi connectivity index (χ3n) is 7.69. The summed E-state index contributed by atoms with van der Waals surface area (Å²) in [5, 5.41) is 14.7. The average Bonchev–Trinajstić information content (AvgIpc) is 3.75. The molecule has 41 heavy (non-hydrogen) atoms. The van der Waals surface area contributed by atoms with Gasteiger partial charge in [-0.15, -0.1) is 10.2 Å². The number of fused-ring (bicyclic) bond motifs is 2. The summed E-state index contributed by atoms with van der Waals surface area (Å²) in [5.41, 5.74) is 11.9. The molecule has 0 saturated carbocycles. The van der Waals surface area contributed by atoms with Crippen LogP contribution in [0.4, 0.5) is 0 Å². The fourth-order valence-corrected chi connectivity index (χ4v) is 5.65. The third kappa shape index (κ3) is 4.47. The van der Waals surface area contributed by atoms with Crippen molar-refractivity contribution in [2.24, 2.45) is 0 Å². The Morgan fingerprint density at radius 2 is 1.66 bits per heavy atom. The van der Waals surface area contributed by atoms with Gasteiger partial charge in [0.25, 0.3) is 0 Å². The van der Waals surface area contributed by atoms with Crippen molar-refractivity contribution in [1.82, 2.24) is 39.6 Å². The number of rotatable bonds is 7. The smallest absolute Gasteiger partial charge is 0.205 e. The largest absolute Gasteiger partial charge is 0.323 e. The molecule has 0 spiro atoms. The predicted molar refractivity (Wildman–Crippen MR) is 162 cm³/mol. The second-order valence-corrected chi connectivity index (χ2v) is 10.6. The zero-order valence-corrected chi connectivity index (χ0v) is 23.3. The number of pyridine rings is 1. The van der Waals surface area contributed by atoms with E-state index in [1.165, 1.54) is 5.56 Å². The summed E-state index contributed by atoms with van der Waals surface area (Å²) < 4.78 is 4.47. The Kier molecular flexibility index (Phi) is 6.15. The molecule has 7 aromatic rings. The van der Waals surface area contributed by atoms with Gasteiger partial charge >= 0.3 is 0 Å². The number of aromatic amines is 1. The van der Waals surface area contributed by atoms with E-state index < -0.39 is 0 Å². The van der Waals surface area contributed by atoms with Crippen LogP contribution in [-0.4, -0.2) is 39.6 Å². The first kappa shape index (κ1) is 24.9. The Balaban J connectivity index is 1.27. The number of aryl methyl sites for hydroxylation is 3. The van der Waals surface area contributed by atoms with Gasteiger partial charge < -0.3 is 8.97 Å². The van der Waals surface area contributed by atoms with Crippen LogP contribution in [0.2, 0.25) is 0 Å². The Labute approximate surface area is 237 Å². The fraction of sp³-hybridized carbons (Fsp3) is 0.182. The molecular weight excluding hydrogens is 508 g/mol. The molecule has 0 amide bonds. The van der Waals surface area contributed by atoms with Crippen molar-refractivity contribution in [3.8, 4) is 33.8 Å². The Morgan fingerprint density at radius 1 is 0.829 bits per heavy atom. The molecule has 0 aliphatic rings. The molecule has 0 radical (unpaired) electrons. The Morgan fingerprint density at radius 3 is 2.41 bits per heavy atom. The first-order chi connectivity index (χ1) is 20.1. The lowest BCUT2D eigenvalue weighted by atomic mass is 9.98. The number of hydrogen-bond acceptors (Lipinski definition) is 5. The van der Waals surface area contributed by atoms with E-state index in [0.717, 1.165) is 81.0 Å². The SMILES string of the molecule is CCCc1nc2c(C)cc(-c3cn4cccc(C)c4n3)cc2n1Cc1ccc(-c2ccccc2-c2nn[nH]n2)cc1. The molecule has 0 aliphatic carbocycles. The minimum atomic E-state index is 0.589. The predicted octanol–water partition coefficient (Wildman–Crippen LogP) is 6.82. The standard InChI is InChI=1S/C33H30N8/c1-4-8-30-35-31-22(3)17-25(28-20-40-16-7-9-21(2)33(40)34-28)18-29(31)41(30)19-23-12-14-24(15-13-23)26-10-5-6-11-27(26)32-36-38-39-37-32/h5-7,9-18,20H,4,8,19H2,1-3H3,(H,36,37,38,39). The van der Waals surface area contributed by atoms with E-state index in [1.807, 2.05) is 18.2 Å². The highest BCUT2D eigenvalue weighted by molar-refractivity contribution is 5.86. The summed E-state index contributed by atoms with van der Waals surface area (Å²) >= 11 is 0. The van der Waals surface area contributed by atoms with Crippen molar-refractivity contribution in [3.63, 3.8) is 0 Å². The van der Waals surface area contributed by atoms with Crippen molar-refractivity contribution in [1.29, 1.82) is 0 Å². The van der Waals surface area contributed by atoms with Gasteiger partial charge in [0.1, 0.15) is 11.5 Å². The van der Waals surface area contributed by atoms with Crippen molar-refractivity contribution >= 4 is 16.7 Å². The average molecular weight is 539 g/mol. The second kappa shape index (κ2) is 10.1. The van der Waals surface area contributed by atoms with E-state index in [1.54, 1.807) is 0 Å². The molecular formula is C33H30N8. The maximum absolute atomic E-state index is 5.11. The van der Waals surface area contributed by atoms with Crippen LogP contribution in [0.5, 0.6) is 0 Å². The van der Waals surface area contributed by atoms with Gasteiger partial charge in [-0.3, -0.25) is 0 Å². The van der Waals surface area contributed by atoms with E-state index in [4.69, 9.17) is 9.97 Å². The lowest BCUT2D eigenvalue weighted by Crippen LogP contribution is -2.05. The maximum Gasteiger partial charge on any atom is 0.205 e. The molecule has 4 heterocycles. The Hall–Kier alpha value is -5.11. The van der Waals surface area contributed by atoms with Gasteiger partial charge in [-0.2, -0.15) is 5.21 Å². The van der Waals surface area contributed by atoms with Crippen molar-refractivity contribution < 1.29 is 0 Å². The van der Waals surface area contributed by atoms with Crippen LogP contribution in [0.3, 0.4) is 0 Å². The van der Waals surface area contributed by atoms with Crippen molar-refractivity contribution in [2.45, 2.75) is 40.2 Å². The summed E-state index contributed by atoms with van der Waals surface area (Å²) in [6, 6.07) is 25.5. The van der Waals surface area contributed by atoms with Crippen molar-refractivity contribution in [3.05, 3.63) is 108 Å². The summed E-state index contributed by atoms with van der Waals surface area (Å²) in [7, 11) is 0. The lowest BCUT2D eigenvalue weighted by molar-refractivity contribution is 0.722. The molecule has 0 saturated heterocycles. The highest BCUT2D eigenvalue weighted by Gasteiger charge is 2.17. The van der Waals surface area contributed by atoms with Crippen LogP contribution in [-0.2, 0) is 13.0 Å². The minimum absolute atomic E-state index is 0.589. The molecule has 0 atom stereocenters. The van der Waals surface area contributed by atoms with Crippen LogP contribution in [0.15, 0.2) is 85.2 Å². The number of hydrogen-bond donors (Lipinski definition) is 1. The fourth-order valence-electron chi connectivity index (χ4n) is 5.65. The molecule has 0 bridgehead atoms. The van der Waals surface area contributed by atoms with Crippen LogP contribution < -0.4 is 0 Å². The topological polar surface area (TPSA) is 89.6 Å². The summed E-state index contributed by atoms with van der Waals surface area (Å²) in [5.74, 6) is 1.70. The van der Waals surface area contributed by atoms with E-state index >= 15 is 0 Å². The highest BCUT2D eigenvalue weighted by Crippen LogP contribution is 2.32. The quantitative estimate of drug-likeness (QED) is 0.241. The normalized spacial score (nSPS) is 11.6. The van der Waals surface area contributed by atoms with Crippen LogP contribution in [0.1, 0.15) is 35.9 Å². The Bertz CT molecular complexity index is 2000. The molecule has 0 fully saturated rings. The van der Waals surface area contributed by atoms with Crippen LogP contribution in [0, 0.1) is 13.8 Å². The number of aromatic nitrogens is 8. The van der Waals surface area contributed by atoms with Gasteiger partial charge in [-0.25, -0.2) is 9.97 Å². The molecule has 8 heteroatoms. The monoisotopic (exact) mass is 538 g/mol. The van der Waals surface area contributed by atoms with Gasteiger partial charge in [0.05, 0.1) is 16.7 Å². The maximum atomic E-state index is 5.11. The van der Waals surface area contributed by atoms with Crippen molar-refractivity contribution in [2.75, 3.05) is 0 Å². The molecule has 3 aromatic carbocycles. The summed E-state index contributed by atoms with van der Waals surface area (Å²) in [6.45, 7) is 7.19. The lowest BCUT2D eigenvalue weighted by Gasteiger charge is -2.12. The zero-order valence-electron chi connectivity index (χ0n) is 23.3. The molecule has 8 nitrogen and oxygen atoms in total. The van der Waals surface area contributed by atoms with Gasteiger partial charge in [0.15, 0.2) is 0 Å². The number of nitrogens with zero attached hydrogens (tertiary/aromatic N) is 7. The molecule has 4 aromatic heterocycles. The first-order valence-electron chi connectivity index (χ1n) is 14.0. The number of tetrazole rings is 1. The first-order valence-corrected chi connectivity index (χ1v) is 14.0. The second-order valence-electron chi connectivity index (χ2n) is 10.6. The van der Waals surface area contributed by atoms with Crippen LogP contribution >= 0.6 is 0 Å². The van der Waals surface area contributed by atoms with E-state index in [0.29, 0.717) is 5.82 Å². The van der Waals surface area contributed by atoms with E-state index in [2.05, 4.69) is 117 Å². The summed E-state index contributed by atoms with van der Waals surface area (Å²) in [6.07, 6.45) is 6.12. The third-order valence-corrected chi connectivity index (χ3v) is 7.69. The van der Waals surface area contributed by atoms with Crippen LogP contribution in [0.25, 0.3) is 50.5 Å². The molecule has 0 unspecified atom stereocenters. The summed E-state index contributed by atoms with van der Waals surface area (Å²) in [4.78, 5) is 10.1. The number of benzene rings is 3. The number of H-pyrrole nitrogens is 1. The number of imidazole rings is 2. The molecule has 7 rings (SSSR count). The van der Waals surface area contributed by atoms with Gasteiger partial charge in [-0.05, 0) is 71.5 Å². The van der Waals surface area contributed by atoms with Gasteiger partial charge in [0.2, 0.25) is 5.82 Å². The van der Waals surface area contributed by atoms with E-state index in [9.17, 15) is 0 Å². The molecule has 1 N–H and O–H groups in total.